The van der Waals surface area contributed by atoms with Crippen molar-refractivity contribution in [3.63, 3.8) is 0 Å². The fourth-order valence-electron chi connectivity index (χ4n) is 1.94. The molecule has 19 heavy (non-hydrogen) atoms. The zero-order valence-electron chi connectivity index (χ0n) is 10.6. The molecule has 0 radical (unpaired) electrons. The number of imide groups is 1. The van der Waals surface area contributed by atoms with E-state index in [0.29, 0.717) is 0 Å². The molecule has 1 aromatic rings. The molecule has 6 nitrogen and oxygen atoms in total. The Labute approximate surface area is 110 Å². The first-order chi connectivity index (χ1) is 8.90. The van der Waals surface area contributed by atoms with Crippen LogP contribution in [0.3, 0.4) is 0 Å². The van der Waals surface area contributed by atoms with Crippen LogP contribution in [0.5, 0.6) is 5.75 Å². The Bertz CT molecular complexity index is 568. The van der Waals surface area contributed by atoms with Crippen LogP contribution in [0.4, 0.5) is 0 Å². The summed E-state index contributed by atoms with van der Waals surface area (Å²) >= 11 is 0. The van der Waals surface area contributed by atoms with E-state index in [1.54, 1.807) is 13.0 Å². The number of carbonyl (C=O) groups is 3. The number of rotatable bonds is 1. The van der Waals surface area contributed by atoms with Crippen LogP contribution in [-0.4, -0.2) is 40.3 Å². The van der Waals surface area contributed by atoms with Crippen LogP contribution < -0.4 is 5.32 Å². The van der Waals surface area contributed by atoms with Gasteiger partial charge in [-0.1, -0.05) is 11.6 Å². The minimum atomic E-state index is -0.745. The van der Waals surface area contributed by atoms with Gasteiger partial charge in [0.15, 0.2) is 0 Å². The molecule has 1 aromatic carbocycles. The number of hydrogen-bond acceptors (Lipinski definition) is 4. The number of carbonyl (C=O) groups excluding carboxylic acids is 3. The van der Waals surface area contributed by atoms with Crippen molar-refractivity contribution in [2.45, 2.75) is 19.9 Å². The van der Waals surface area contributed by atoms with Gasteiger partial charge in [-0.2, -0.15) is 0 Å². The van der Waals surface area contributed by atoms with Crippen LogP contribution in [0.25, 0.3) is 0 Å². The molecule has 0 bridgehead atoms. The molecule has 1 saturated heterocycles. The lowest BCUT2D eigenvalue weighted by molar-refractivity contribution is -0.138. The molecule has 1 fully saturated rings. The van der Waals surface area contributed by atoms with Crippen LogP contribution in [0.2, 0.25) is 0 Å². The molecule has 0 saturated carbocycles. The van der Waals surface area contributed by atoms with Gasteiger partial charge in [-0.15, -0.1) is 0 Å². The Hall–Kier alpha value is -2.37. The number of phenols is 1. The highest BCUT2D eigenvalue weighted by Crippen LogP contribution is 2.21. The zero-order valence-corrected chi connectivity index (χ0v) is 10.6. The molecular weight excluding hydrogens is 248 g/mol. The normalized spacial score (nSPS) is 19.3. The third kappa shape index (κ3) is 2.42. The number of hydrogen-bond donors (Lipinski definition) is 2. The van der Waals surface area contributed by atoms with E-state index < -0.39 is 23.8 Å². The summed E-state index contributed by atoms with van der Waals surface area (Å²) in [6.45, 7) is 3.12. The van der Waals surface area contributed by atoms with Crippen LogP contribution in [-0.2, 0) is 9.59 Å². The van der Waals surface area contributed by atoms with Gasteiger partial charge in [0.2, 0.25) is 11.8 Å². The van der Waals surface area contributed by atoms with Crippen molar-refractivity contribution < 1.29 is 19.5 Å². The second kappa shape index (κ2) is 4.72. The molecule has 100 valence electrons. The van der Waals surface area contributed by atoms with Crippen LogP contribution >= 0.6 is 0 Å². The topological polar surface area (TPSA) is 86.7 Å². The van der Waals surface area contributed by atoms with E-state index in [1.807, 2.05) is 0 Å². The SMILES string of the molecule is Cc1ccc(O)c(C(=O)N2CC(=O)NC(=O)C2C)c1. The minimum absolute atomic E-state index is 0.0920. The van der Waals surface area contributed by atoms with E-state index in [9.17, 15) is 19.5 Å². The second-order valence-electron chi connectivity index (χ2n) is 4.54. The Kier molecular flexibility index (Phi) is 3.25. The molecule has 6 heteroatoms. The van der Waals surface area contributed by atoms with Crippen molar-refractivity contribution in [2.24, 2.45) is 0 Å². The minimum Gasteiger partial charge on any atom is -0.507 e. The van der Waals surface area contributed by atoms with Crippen molar-refractivity contribution in [3.05, 3.63) is 29.3 Å². The fourth-order valence-corrected chi connectivity index (χ4v) is 1.94. The lowest BCUT2D eigenvalue weighted by Crippen LogP contribution is -2.58. The number of piperazine rings is 1. The van der Waals surface area contributed by atoms with Gasteiger partial charge < -0.3 is 10.0 Å². The van der Waals surface area contributed by atoms with Crippen LogP contribution in [0.15, 0.2) is 18.2 Å². The molecule has 1 unspecified atom stereocenters. The zero-order chi connectivity index (χ0) is 14.2. The number of aryl methyl sites for hydroxylation is 1. The summed E-state index contributed by atoms with van der Waals surface area (Å²) in [5, 5.41) is 11.9. The predicted octanol–water partition coefficient (Wildman–Crippen LogP) is 0.188. The van der Waals surface area contributed by atoms with Crippen LogP contribution in [0, 0.1) is 6.92 Å². The number of nitrogens with zero attached hydrogens (tertiary/aromatic N) is 1. The third-order valence-electron chi connectivity index (χ3n) is 3.07. The summed E-state index contributed by atoms with van der Waals surface area (Å²) in [5.74, 6) is -1.74. The number of benzene rings is 1. The summed E-state index contributed by atoms with van der Waals surface area (Å²) in [5.41, 5.74) is 0.899. The Morgan fingerprint density at radius 2 is 2.11 bits per heavy atom. The molecule has 0 aliphatic carbocycles. The Morgan fingerprint density at radius 3 is 2.79 bits per heavy atom. The van der Waals surface area contributed by atoms with Gasteiger partial charge in [0.25, 0.3) is 5.91 Å². The van der Waals surface area contributed by atoms with Crippen LogP contribution in [0.1, 0.15) is 22.8 Å². The molecule has 1 heterocycles. The molecular formula is C13H14N2O4. The van der Waals surface area contributed by atoms with Gasteiger partial charge >= 0.3 is 0 Å². The summed E-state index contributed by atoms with van der Waals surface area (Å²) in [7, 11) is 0. The van der Waals surface area contributed by atoms with Gasteiger partial charge in [0.1, 0.15) is 18.3 Å². The Morgan fingerprint density at radius 1 is 1.42 bits per heavy atom. The molecule has 1 atom stereocenters. The first-order valence-corrected chi connectivity index (χ1v) is 5.84. The first kappa shape index (κ1) is 13.1. The summed E-state index contributed by atoms with van der Waals surface area (Å²) in [6.07, 6.45) is 0. The highest BCUT2D eigenvalue weighted by atomic mass is 16.3. The number of phenolic OH excluding ortho intramolecular Hbond substituents is 1. The quantitative estimate of drug-likeness (QED) is 0.707. The van der Waals surface area contributed by atoms with Crippen molar-refractivity contribution in [1.29, 1.82) is 0 Å². The highest BCUT2D eigenvalue weighted by Gasteiger charge is 2.34. The fraction of sp³-hybridized carbons (Fsp3) is 0.308. The van der Waals surface area contributed by atoms with E-state index >= 15 is 0 Å². The van der Waals surface area contributed by atoms with Gasteiger partial charge in [-0.3, -0.25) is 19.7 Å². The molecule has 1 aliphatic heterocycles. The smallest absolute Gasteiger partial charge is 0.258 e. The number of aromatic hydroxyl groups is 1. The van der Waals surface area contributed by atoms with Crippen molar-refractivity contribution >= 4 is 17.7 Å². The molecule has 0 aromatic heterocycles. The van der Waals surface area contributed by atoms with Crippen molar-refractivity contribution in [2.75, 3.05) is 6.54 Å². The number of amides is 3. The van der Waals surface area contributed by atoms with E-state index in [-0.39, 0.29) is 17.9 Å². The number of nitrogens with one attached hydrogen (secondary N) is 1. The van der Waals surface area contributed by atoms with E-state index in [4.69, 9.17) is 0 Å². The molecule has 0 spiro atoms. The highest BCUT2D eigenvalue weighted by molar-refractivity contribution is 6.07. The summed E-state index contributed by atoms with van der Waals surface area (Å²) < 4.78 is 0. The van der Waals surface area contributed by atoms with Gasteiger partial charge in [0, 0.05) is 0 Å². The van der Waals surface area contributed by atoms with E-state index in [2.05, 4.69) is 5.32 Å². The summed E-state index contributed by atoms with van der Waals surface area (Å²) in [6, 6.07) is 3.87. The van der Waals surface area contributed by atoms with E-state index in [1.165, 1.54) is 19.1 Å². The van der Waals surface area contributed by atoms with Crippen molar-refractivity contribution in [1.82, 2.24) is 10.2 Å². The maximum Gasteiger partial charge on any atom is 0.258 e. The lowest BCUT2D eigenvalue weighted by atomic mass is 10.1. The second-order valence-corrected chi connectivity index (χ2v) is 4.54. The maximum absolute atomic E-state index is 12.3. The first-order valence-electron chi connectivity index (χ1n) is 5.84. The largest absolute Gasteiger partial charge is 0.507 e. The Balaban J connectivity index is 2.35. The third-order valence-corrected chi connectivity index (χ3v) is 3.07. The molecule has 2 rings (SSSR count). The summed E-state index contributed by atoms with van der Waals surface area (Å²) in [4.78, 5) is 36.3. The lowest BCUT2D eigenvalue weighted by Gasteiger charge is -2.31. The van der Waals surface area contributed by atoms with Gasteiger partial charge in [-0.05, 0) is 26.0 Å². The molecule has 3 amide bonds. The van der Waals surface area contributed by atoms with Gasteiger partial charge in [0.05, 0.1) is 5.56 Å². The average molecular weight is 262 g/mol. The molecule has 1 aliphatic rings. The monoisotopic (exact) mass is 262 g/mol. The van der Waals surface area contributed by atoms with E-state index in [0.717, 1.165) is 10.5 Å². The van der Waals surface area contributed by atoms with Gasteiger partial charge in [-0.25, -0.2) is 0 Å². The average Bonchev–Trinajstić information content (AvgIpc) is 2.36. The maximum atomic E-state index is 12.3. The molecule has 2 N–H and O–H groups in total. The van der Waals surface area contributed by atoms with Crippen molar-refractivity contribution in [3.8, 4) is 5.75 Å². The predicted molar refractivity (Wildman–Crippen MR) is 66.5 cm³/mol. The standard InChI is InChI=1S/C13H14N2O4/c1-7-3-4-10(16)9(5-7)13(19)15-6-11(17)14-12(18)8(15)2/h3-5,8,16H,6H2,1-2H3,(H,14,17,18).